The van der Waals surface area contributed by atoms with Gasteiger partial charge in [0.15, 0.2) is 6.61 Å². The SMILES string of the molecule is CCCc1ccc(OCC(=O)NC2CCN(C(=O)CC(C)C)CC2)cc1. The number of hydrogen-bond acceptors (Lipinski definition) is 3. The smallest absolute Gasteiger partial charge is 0.258 e. The van der Waals surface area contributed by atoms with E-state index in [4.69, 9.17) is 4.74 Å². The Hall–Kier alpha value is -2.04. The Balaban J connectivity index is 1.68. The molecule has 0 aliphatic carbocycles. The highest BCUT2D eigenvalue weighted by Crippen LogP contribution is 2.15. The fourth-order valence-electron chi connectivity index (χ4n) is 3.21. The zero-order valence-corrected chi connectivity index (χ0v) is 16.3. The number of likely N-dealkylation sites (tertiary alicyclic amines) is 1. The largest absolute Gasteiger partial charge is 0.484 e. The Bertz CT molecular complexity index is 575. The molecule has 5 heteroatoms. The third kappa shape index (κ3) is 6.70. The number of hydrogen-bond donors (Lipinski definition) is 1. The van der Waals surface area contributed by atoms with Gasteiger partial charge in [0, 0.05) is 25.6 Å². The first kappa shape index (κ1) is 20.3. The summed E-state index contributed by atoms with van der Waals surface area (Å²) < 4.78 is 5.57. The van der Waals surface area contributed by atoms with E-state index in [0.717, 1.165) is 38.8 Å². The molecule has 1 heterocycles. The maximum Gasteiger partial charge on any atom is 0.258 e. The first-order chi connectivity index (χ1) is 12.5. The van der Waals surface area contributed by atoms with Gasteiger partial charge in [0.25, 0.3) is 5.91 Å². The van der Waals surface area contributed by atoms with Crippen LogP contribution in [0.4, 0.5) is 0 Å². The van der Waals surface area contributed by atoms with E-state index in [2.05, 4.69) is 26.1 Å². The number of piperidine rings is 1. The molecule has 26 heavy (non-hydrogen) atoms. The summed E-state index contributed by atoms with van der Waals surface area (Å²) in [5, 5.41) is 3.02. The summed E-state index contributed by atoms with van der Waals surface area (Å²) >= 11 is 0. The number of nitrogens with one attached hydrogen (secondary N) is 1. The summed E-state index contributed by atoms with van der Waals surface area (Å²) in [6.45, 7) is 7.73. The molecular formula is C21H32N2O3. The average Bonchev–Trinajstić information content (AvgIpc) is 2.61. The minimum absolute atomic E-state index is 0.0274. The molecule has 0 bridgehead atoms. The molecule has 1 aliphatic rings. The lowest BCUT2D eigenvalue weighted by atomic mass is 10.0. The van der Waals surface area contributed by atoms with Gasteiger partial charge in [-0.15, -0.1) is 0 Å². The van der Waals surface area contributed by atoms with Crippen molar-refractivity contribution in [2.45, 2.75) is 58.9 Å². The van der Waals surface area contributed by atoms with Crippen molar-refractivity contribution in [3.05, 3.63) is 29.8 Å². The summed E-state index contributed by atoms with van der Waals surface area (Å²) in [7, 11) is 0. The van der Waals surface area contributed by atoms with Gasteiger partial charge in [-0.1, -0.05) is 39.3 Å². The highest BCUT2D eigenvalue weighted by atomic mass is 16.5. The molecule has 0 radical (unpaired) electrons. The predicted octanol–water partition coefficient (Wildman–Crippen LogP) is 3.17. The molecule has 1 N–H and O–H groups in total. The molecule has 0 atom stereocenters. The number of rotatable bonds is 8. The third-order valence-corrected chi connectivity index (χ3v) is 4.63. The Morgan fingerprint density at radius 2 is 1.85 bits per heavy atom. The van der Waals surface area contributed by atoms with Gasteiger partial charge >= 0.3 is 0 Å². The number of carbonyl (C=O) groups excluding carboxylic acids is 2. The van der Waals surface area contributed by atoms with E-state index in [1.54, 1.807) is 0 Å². The zero-order valence-electron chi connectivity index (χ0n) is 16.3. The van der Waals surface area contributed by atoms with Crippen LogP contribution in [0.2, 0.25) is 0 Å². The van der Waals surface area contributed by atoms with Crippen molar-refractivity contribution >= 4 is 11.8 Å². The van der Waals surface area contributed by atoms with Crippen molar-refractivity contribution in [2.24, 2.45) is 5.92 Å². The van der Waals surface area contributed by atoms with Crippen molar-refractivity contribution < 1.29 is 14.3 Å². The van der Waals surface area contributed by atoms with E-state index >= 15 is 0 Å². The number of nitrogens with zero attached hydrogens (tertiary/aromatic N) is 1. The van der Waals surface area contributed by atoms with E-state index in [9.17, 15) is 9.59 Å². The van der Waals surface area contributed by atoms with Crippen LogP contribution in [-0.2, 0) is 16.0 Å². The van der Waals surface area contributed by atoms with Gasteiger partial charge in [0.05, 0.1) is 0 Å². The lowest BCUT2D eigenvalue weighted by Crippen LogP contribution is -2.47. The number of aryl methyl sites for hydroxylation is 1. The molecule has 1 aromatic carbocycles. The molecule has 1 fully saturated rings. The Labute approximate surface area is 157 Å². The second kappa shape index (κ2) is 10.2. The number of ether oxygens (including phenoxy) is 1. The quantitative estimate of drug-likeness (QED) is 0.775. The fourth-order valence-corrected chi connectivity index (χ4v) is 3.21. The van der Waals surface area contributed by atoms with Crippen molar-refractivity contribution in [3.8, 4) is 5.75 Å². The minimum Gasteiger partial charge on any atom is -0.484 e. The molecule has 5 nitrogen and oxygen atoms in total. The first-order valence-corrected chi connectivity index (χ1v) is 9.76. The highest BCUT2D eigenvalue weighted by molar-refractivity contribution is 5.78. The fraction of sp³-hybridized carbons (Fsp3) is 0.619. The Morgan fingerprint density at radius 1 is 1.19 bits per heavy atom. The van der Waals surface area contributed by atoms with Gasteiger partial charge in [0.2, 0.25) is 5.91 Å². The monoisotopic (exact) mass is 360 g/mol. The maximum absolute atomic E-state index is 12.1. The molecular weight excluding hydrogens is 328 g/mol. The van der Waals surface area contributed by atoms with Crippen molar-refractivity contribution in [2.75, 3.05) is 19.7 Å². The molecule has 0 spiro atoms. The number of benzene rings is 1. The van der Waals surface area contributed by atoms with Crippen LogP contribution < -0.4 is 10.1 Å². The summed E-state index contributed by atoms with van der Waals surface area (Å²) in [6.07, 6.45) is 4.38. The second-order valence-corrected chi connectivity index (χ2v) is 7.50. The maximum atomic E-state index is 12.1. The molecule has 0 aromatic heterocycles. The topological polar surface area (TPSA) is 58.6 Å². The Morgan fingerprint density at radius 3 is 2.42 bits per heavy atom. The summed E-state index contributed by atoms with van der Waals surface area (Å²) in [5.74, 6) is 1.22. The molecule has 0 unspecified atom stereocenters. The van der Waals surface area contributed by atoms with E-state index in [0.29, 0.717) is 18.1 Å². The van der Waals surface area contributed by atoms with E-state index in [1.807, 2.05) is 29.2 Å². The normalized spacial score (nSPS) is 15.2. The van der Waals surface area contributed by atoms with Crippen LogP contribution in [0.3, 0.4) is 0 Å². The van der Waals surface area contributed by atoms with Crippen LogP contribution in [0, 0.1) is 5.92 Å². The first-order valence-electron chi connectivity index (χ1n) is 9.76. The summed E-state index contributed by atoms with van der Waals surface area (Å²) in [6, 6.07) is 8.04. The predicted molar refractivity (Wildman–Crippen MR) is 103 cm³/mol. The minimum atomic E-state index is -0.102. The van der Waals surface area contributed by atoms with Gasteiger partial charge < -0.3 is 15.0 Å². The molecule has 144 valence electrons. The molecule has 2 amide bonds. The summed E-state index contributed by atoms with van der Waals surface area (Å²) in [4.78, 5) is 26.1. The van der Waals surface area contributed by atoms with Crippen molar-refractivity contribution in [1.82, 2.24) is 10.2 Å². The summed E-state index contributed by atoms with van der Waals surface area (Å²) in [5.41, 5.74) is 1.28. The van der Waals surface area contributed by atoms with Crippen LogP contribution in [0.25, 0.3) is 0 Å². The zero-order chi connectivity index (χ0) is 18.9. The second-order valence-electron chi connectivity index (χ2n) is 7.50. The standard InChI is InChI=1S/C21H32N2O3/c1-4-5-17-6-8-19(9-7-17)26-15-20(24)22-18-10-12-23(13-11-18)21(25)14-16(2)3/h6-9,16,18H,4-5,10-15H2,1-3H3,(H,22,24). The third-order valence-electron chi connectivity index (χ3n) is 4.63. The number of amides is 2. The Kier molecular flexibility index (Phi) is 7.95. The number of carbonyl (C=O) groups is 2. The lowest BCUT2D eigenvalue weighted by molar-refractivity contribution is -0.133. The van der Waals surface area contributed by atoms with Crippen LogP contribution in [0.5, 0.6) is 5.75 Å². The molecule has 2 rings (SSSR count). The van der Waals surface area contributed by atoms with Gasteiger partial charge in [-0.3, -0.25) is 9.59 Å². The van der Waals surface area contributed by atoms with Crippen LogP contribution in [0.15, 0.2) is 24.3 Å². The van der Waals surface area contributed by atoms with Crippen molar-refractivity contribution in [3.63, 3.8) is 0 Å². The van der Waals surface area contributed by atoms with Crippen LogP contribution in [0.1, 0.15) is 52.0 Å². The molecule has 1 aliphatic heterocycles. The van der Waals surface area contributed by atoms with E-state index in [-0.39, 0.29) is 24.5 Å². The molecule has 1 saturated heterocycles. The van der Waals surface area contributed by atoms with Crippen LogP contribution in [-0.4, -0.2) is 42.5 Å². The van der Waals surface area contributed by atoms with Gasteiger partial charge in [-0.25, -0.2) is 0 Å². The van der Waals surface area contributed by atoms with Gasteiger partial charge in [-0.05, 0) is 42.9 Å². The van der Waals surface area contributed by atoms with Gasteiger partial charge in [0.1, 0.15) is 5.75 Å². The van der Waals surface area contributed by atoms with E-state index < -0.39 is 0 Å². The highest BCUT2D eigenvalue weighted by Gasteiger charge is 2.24. The average molecular weight is 360 g/mol. The molecule has 1 aromatic rings. The van der Waals surface area contributed by atoms with Gasteiger partial charge in [-0.2, -0.15) is 0 Å². The van der Waals surface area contributed by atoms with Crippen molar-refractivity contribution in [1.29, 1.82) is 0 Å². The lowest BCUT2D eigenvalue weighted by Gasteiger charge is -2.32. The molecule has 0 saturated carbocycles. The van der Waals surface area contributed by atoms with Crippen LogP contribution >= 0.6 is 0 Å². The van der Waals surface area contributed by atoms with E-state index in [1.165, 1.54) is 5.56 Å².